The zero-order valence-electron chi connectivity index (χ0n) is 11.5. The number of benzene rings is 2. The van der Waals surface area contributed by atoms with Crippen LogP contribution < -0.4 is 15.6 Å². The van der Waals surface area contributed by atoms with Gasteiger partial charge in [-0.1, -0.05) is 29.8 Å². The topological polar surface area (TPSA) is 50.4 Å². The van der Waals surface area contributed by atoms with Gasteiger partial charge in [-0.05, 0) is 37.3 Å². The van der Waals surface area contributed by atoms with E-state index in [1.165, 1.54) is 0 Å². The Bertz CT molecular complexity index is 672. The highest BCUT2D eigenvalue weighted by Gasteiger charge is 2.37. The summed E-state index contributed by atoms with van der Waals surface area (Å²) < 4.78 is 5.94. The maximum Gasteiger partial charge on any atom is 0.236 e. The minimum Gasteiger partial charge on any atom is -0.457 e. The van der Waals surface area contributed by atoms with E-state index in [-0.39, 0.29) is 5.91 Å². The molecule has 1 aliphatic rings. The number of hydrazine groups is 1. The second-order valence-corrected chi connectivity index (χ2v) is 5.67. The fraction of sp³-hybridized carbons (Fsp3) is 0.188. The van der Waals surface area contributed by atoms with Gasteiger partial charge in [0.2, 0.25) is 5.91 Å². The van der Waals surface area contributed by atoms with Crippen LogP contribution in [0.25, 0.3) is 0 Å². The maximum atomic E-state index is 11.5. The van der Waals surface area contributed by atoms with Gasteiger partial charge in [-0.2, -0.15) is 0 Å². The van der Waals surface area contributed by atoms with E-state index in [0.717, 1.165) is 5.56 Å². The summed E-state index contributed by atoms with van der Waals surface area (Å²) in [5, 5.41) is 0.662. The van der Waals surface area contributed by atoms with E-state index in [1.54, 1.807) is 12.1 Å². The van der Waals surface area contributed by atoms with Gasteiger partial charge in [0.15, 0.2) is 0 Å². The van der Waals surface area contributed by atoms with Crippen molar-refractivity contribution >= 4 is 17.5 Å². The summed E-state index contributed by atoms with van der Waals surface area (Å²) in [7, 11) is 0. The summed E-state index contributed by atoms with van der Waals surface area (Å²) in [5.74, 6) is 1.39. The molecule has 0 bridgehead atoms. The molecule has 1 aliphatic heterocycles. The van der Waals surface area contributed by atoms with Crippen LogP contribution in [0.4, 0.5) is 0 Å². The molecule has 0 aromatic heterocycles. The fourth-order valence-electron chi connectivity index (χ4n) is 2.42. The second-order valence-electron chi connectivity index (χ2n) is 5.23. The van der Waals surface area contributed by atoms with Crippen molar-refractivity contribution in [2.24, 2.45) is 0 Å². The molecule has 1 saturated heterocycles. The van der Waals surface area contributed by atoms with Gasteiger partial charge in [0.1, 0.15) is 11.5 Å². The highest BCUT2D eigenvalue weighted by Crippen LogP contribution is 2.36. The number of carbonyl (C=O) groups excluding carboxylic acids is 1. The van der Waals surface area contributed by atoms with Crippen LogP contribution in [0.15, 0.2) is 48.5 Å². The average molecular weight is 303 g/mol. The Morgan fingerprint density at radius 1 is 1.14 bits per heavy atom. The minimum atomic E-state index is -0.486. The van der Waals surface area contributed by atoms with Gasteiger partial charge in [-0.15, -0.1) is 0 Å². The smallest absolute Gasteiger partial charge is 0.236 e. The number of hydrogen-bond donors (Lipinski definition) is 2. The zero-order chi connectivity index (χ0) is 14.9. The van der Waals surface area contributed by atoms with Crippen molar-refractivity contribution in [3.63, 3.8) is 0 Å². The summed E-state index contributed by atoms with van der Waals surface area (Å²) in [6, 6.07) is 14.9. The van der Waals surface area contributed by atoms with Crippen molar-refractivity contribution in [2.75, 3.05) is 0 Å². The van der Waals surface area contributed by atoms with Crippen LogP contribution in [0.5, 0.6) is 11.5 Å². The molecule has 1 amide bonds. The second kappa shape index (κ2) is 5.39. The van der Waals surface area contributed by atoms with E-state index in [9.17, 15) is 4.79 Å². The number of amides is 1. The monoisotopic (exact) mass is 302 g/mol. The standard InChI is InChI=1S/C16H15ClN2O2/c1-16(10-15(20)18-19-16)13-4-2-3-5-14(13)21-12-8-6-11(17)7-9-12/h2-9,19H,10H2,1H3,(H,18,20). The molecular formula is C16H15ClN2O2. The highest BCUT2D eigenvalue weighted by molar-refractivity contribution is 6.30. The van der Waals surface area contributed by atoms with Crippen molar-refractivity contribution in [1.29, 1.82) is 0 Å². The molecule has 1 fully saturated rings. The van der Waals surface area contributed by atoms with Crippen LogP contribution in [0.1, 0.15) is 18.9 Å². The summed E-state index contributed by atoms with van der Waals surface area (Å²) in [6.45, 7) is 1.97. The van der Waals surface area contributed by atoms with Gasteiger partial charge in [0.25, 0.3) is 0 Å². The molecule has 0 radical (unpaired) electrons. The van der Waals surface area contributed by atoms with Crippen molar-refractivity contribution in [1.82, 2.24) is 10.9 Å². The Morgan fingerprint density at radius 2 is 1.86 bits per heavy atom. The minimum absolute atomic E-state index is 0.0289. The lowest BCUT2D eigenvalue weighted by Crippen LogP contribution is -2.39. The van der Waals surface area contributed by atoms with Crippen LogP contribution in [-0.4, -0.2) is 5.91 Å². The summed E-state index contributed by atoms with van der Waals surface area (Å²) >= 11 is 5.88. The molecule has 4 nitrogen and oxygen atoms in total. The van der Waals surface area contributed by atoms with Crippen molar-refractivity contribution in [2.45, 2.75) is 18.9 Å². The van der Waals surface area contributed by atoms with E-state index in [4.69, 9.17) is 16.3 Å². The normalized spacial score (nSPS) is 21.1. The molecule has 0 aliphatic carbocycles. The van der Waals surface area contributed by atoms with E-state index >= 15 is 0 Å². The predicted octanol–water partition coefficient (Wildman–Crippen LogP) is 3.37. The molecule has 1 unspecified atom stereocenters. The largest absolute Gasteiger partial charge is 0.457 e. The molecule has 0 spiro atoms. The Balaban J connectivity index is 1.93. The van der Waals surface area contributed by atoms with Gasteiger partial charge in [-0.3, -0.25) is 10.2 Å². The molecular weight excluding hydrogens is 288 g/mol. The third kappa shape index (κ3) is 2.86. The number of nitrogens with one attached hydrogen (secondary N) is 2. The maximum absolute atomic E-state index is 11.5. The quantitative estimate of drug-likeness (QED) is 0.914. The Morgan fingerprint density at radius 3 is 2.52 bits per heavy atom. The number of para-hydroxylation sites is 1. The van der Waals surface area contributed by atoms with Gasteiger partial charge < -0.3 is 4.74 Å². The first kappa shape index (κ1) is 13.9. The van der Waals surface area contributed by atoms with Crippen molar-refractivity contribution in [3.05, 3.63) is 59.1 Å². The number of rotatable bonds is 3. The lowest BCUT2D eigenvalue weighted by Gasteiger charge is -2.25. The fourth-order valence-corrected chi connectivity index (χ4v) is 2.55. The lowest BCUT2D eigenvalue weighted by molar-refractivity contribution is -0.119. The Hall–Kier alpha value is -2.04. The molecule has 3 rings (SSSR count). The van der Waals surface area contributed by atoms with E-state index in [1.807, 2.05) is 43.3 Å². The van der Waals surface area contributed by atoms with Gasteiger partial charge in [0.05, 0.1) is 12.0 Å². The van der Waals surface area contributed by atoms with Crippen molar-refractivity contribution in [3.8, 4) is 11.5 Å². The van der Waals surface area contributed by atoms with Crippen LogP contribution in [0.2, 0.25) is 5.02 Å². The van der Waals surface area contributed by atoms with Gasteiger partial charge >= 0.3 is 0 Å². The summed E-state index contributed by atoms with van der Waals surface area (Å²) in [4.78, 5) is 11.5. The molecule has 5 heteroatoms. The van der Waals surface area contributed by atoms with E-state index < -0.39 is 5.54 Å². The average Bonchev–Trinajstić information content (AvgIpc) is 2.83. The molecule has 2 aromatic rings. The van der Waals surface area contributed by atoms with E-state index in [2.05, 4.69) is 10.9 Å². The molecule has 108 valence electrons. The number of halogens is 1. The first-order valence-electron chi connectivity index (χ1n) is 6.66. The van der Waals surface area contributed by atoms with E-state index in [0.29, 0.717) is 22.9 Å². The highest BCUT2D eigenvalue weighted by atomic mass is 35.5. The number of ether oxygens (including phenoxy) is 1. The Kier molecular flexibility index (Phi) is 3.57. The van der Waals surface area contributed by atoms with Crippen LogP contribution in [0, 0.1) is 0 Å². The predicted molar refractivity (Wildman–Crippen MR) is 81.2 cm³/mol. The third-order valence-corrected chi connectivity index (χ3v) is 3.77. The molecule has 1 heterocycles. The molecule has 21 heavy (non-hydrogen) atoms. The summed E-state index contributed by atoms with van der Waals surface area (Å²) in [6.07, 6.45) is 0.369. The van der Waals surface area contributed by atoms with Crippen LogP contribution >= 0.6 is 11.6 Å². The molecule has 2 N–H and O–H groups in total. The number of carbonyl (C=O) groups is 1. The van der Waals surface area contributed by atoms with Crippen LogP contribution in [0.3, 0.4) is 0 Å². The van der Waals surface area contributed by atoms with Gasteiger partial charge in [0, 0.05) is 10.6 Å². The summed E-state index contributed by atoms with van der Waals surface area (Å²) in [5.41, 5.74) is 6.12. The third-order valence-electron chi connectivity index (χ3n) is 3.51. The lowest BCUT2D eigenvalue weighted by atomic mass is 9.89. The molecule has 1 atom stereocenters. The number of hydrogen-bond acceptors (Lipinski definition) is 3. The van der Waals surface area contributed by atoms with Crippen LogP contribution in [-0.2, 0) is 10.3 Å². The zero-order valence-corrected chi connectivity index (χ0v) is 12.3. The van der Waals surface area contributed by atoms with Crippen molar-refractivity contribution < 1.29 is 9.53 Å². The first-order valence-corrected chi connectivity index (χ1v) is 7.04. The Labute approximate surface area is 128 Å². The van der Waals surface area contributed by atoms with Gasteiger partial charge in [-0.25, -0.2) is 5.43 Å². The molecule has 2 aromatic carbocycles. The first-order chi connectivity index (χ1) is 10.1. The molecule has 0 saturated carbocycles. The SMILES string of the molecule is CC1(c2ccccc2Oc2ccc(Cl)cc2)CC(=O)NN1.